The first-order chi connectivity index (χ1) is 19.3. The molecule has 3 aromatic carbocycles. The van der Waals surface area contributed by atoms with Gasteiger partial charge in [-0.3, -0.25) is 14.4 Å². The van der Waals surface area contributed by atoms with E-state index < -0.39 is 17.1 Å². The highest BCUT2D eigenvalue weighted by atomic mass is 35.5. The number of rotatable bonds is 10. The van der Waals surface area contributed by atoms with Crippen molar-refractivity contribution in [1.29, 1.82) is 0 Å². The summed E-state index contributed by atoms with van der Waals surface area (Å²) in [5.41, 5.74) is 2.31. The lowest BCUT2D eigenvalue weighted by atomic mass is 10.2. The minimum absolute atomic E-state index is 0.106. The molecule has 0 radical (unpaired) electrons. The van der Waals surface area contributed by atoms with Gasteiger partial charge in [0, 0.05) is 21.2 Å². The van der Waals surface area contributed by atoms with E-state index in [0.717, 1.165) is 10.5 Å². The predicted octanol–water partition coefficient (Wildman–Crippen LogP) is 7.97. The van der Waals surface area contributed by atoms with Crippen molar-refractivity contribution in [2.75, 3.05) is 10.6 Å². The maximum atomic E-state index is 13.3. The van der Waals surface area contributed by atoms with Crippen LogP contribution in [0.2, 0.25) is 10.0 Å². The van der Waals surface area contributed by atoms with Crippen LogP contribution in [0.15, 0.2) is 100 Å². The zero-order valence-corrected chi connectivity index (χ0v) is 24.5. The first kappa shape index (κ1) is 29.4. The maximum absolute atomic E-state index is 13.3. The van der Waals surface area contributed by atoms with Gasteiger partial charge in [0.2, 0.25) is 5.91 Å². The zero-order valence-electron chi connectivity index (χ0n) is 21.3. The third-order valence-electron chi connectivity index (χ3n) is 5.60. The molecule has 4 aromatic rings. The molecular weight excluding hydrogens is 585 g/mol. The van der Waals surface area contributed by atoms with E-state index in [-0.39, 0.29) is 11.6 Å². The van der Waals surface area contributed by atoms with Crippen molar-refractivity contribution in [2.45, 2.75) is 23.5 Å². The summed E-state index contributed by atoms with van der Waals surface area (Å²) in [7, 11) is 0. The van der Waals surface area contributed by atoms with Gasteiger partial charge < -0.3 is 16.0 Å². The molecule has 1 unspecified atom stereocenters. The van der Waals surface area contributed by atoms with Crippen LogP contribution in [0.5, 0.6) is 0 Å². The number of benzene rings is 3. The highest BCUT2D eigenvalue weighted by Crippen LogP contribution is 2.31. The second-order valence-corrected chi connectivity index (χ2v) is 11.4. The first-order valence-corrected chi connectivity index (χ1v) is 14.8. The minimum atomic E-state index is -0.474. The lowest BCUT2D eigenvalue weighted by Crippen LogP contribution is -2.30. The van der Waals surface area contributed by atoms with Gasteiger partial charge in [-0.15, -0.1) is 11.8 Å². The molecule has 204 valence electrons. The van der Waals surface area contributed by atoms with Crippen LogP contribution >= 0.6 is 46.3 Å². The number of thioether (sulfide) groups is 1. The van der Waals surface area contributed by atoms with Crippen LogP contribution in [0.3, 0.4) is 0 Å². The largest absolute Gasteiger partial charge is 0.324 e. The summed E-state index contributed by atoms with van der Waals surface area (Å²) < 4.78 is 0. The highest BCUT2D eigenvalue weighted by Gasteiger charge is 2.20. The number of thiophene rings is 1. The minimum Gasteiger partial charge on any atom is -0.324 e. The van der Waals surface area contributed by atoms with Gasteiger partial charge in [0.05, 0.1) is 16.0 Å². The molecule has 0 aliphatic heterocycles. The Bertz CT molecular complexity index is 1530. The number of anilines is 2. The average molecular weight is 611 g/mol. The maximum Gasteiger partial charge on any atom is 0.272 e. The molecule has 1 atom stereocenters. The molecule has 3 amide bonds. The highest BCUT2D eigenvalue weighted by molar-refractivity contribution is 8.00. The van der Waals surface area contributed by atoms with Crippen LogP contribution in [0.4, 0.5) is 11.4 Å². The Morgan fingerprint density at radius 3 is 2.48 bits per heavy atom. The number of carbonyl (C=O) groups is 3. The molecule has 40 heavy (non-hydrogen) atoms. The molecule has 10 heteroatoms. The average Bonchev–Trinajstić information content (AvgIpc) is 3.47. The van der Waals surface area contributed by atoms with Crippen LogP contribution in [-0.2, 0) is 9.59 Å². The summed E-state index contributed by atoms with van der Waals surface area (Å²) in [6.45, 7) is 1.92. The van der Waals surface area contributed by atoms with E-state index in [0.29, 0.717) is 33.4 Å². The zero-order chi connectivity index (χ0) is 28.5. The molecule has 4 rings (SSSR count). The fourth-order valence-corrected chi connectivity index (χ4v) is 5.57. The van der Waals surface area contributed by atoms with Gasteiger partial charge in [-0.05, 0) is 83.4 Å². The van der Waals surface area contributed by atoms with E-state index in [1.807, 2.05) is 35.9 Å². The lowest BCUT2D eigenvalue weighted by molar-refractivity contribution is -0.116. The summed E-state index contributed by atoms with van der Waals surface area (Å²) in [6.07, 6.45) is 2.19. The molecular formula is C30H25Cl2N3O3S2. The Morgan fingerprint density at radius 2 is 1.75 bits per heavy atom. The summed E-state index contributed by atoms with van der Waals surface area (Å²) in [5, 5.41) is 12.7. The summed E-state index contributed by atoms with van der Waals surface area (Å²) in [4.78, 5) is 39.8. The molecule has 6 nitrogen and oxygen atoms in total. The standard InChI is InChI=1S/C30H25Cl2N3O3S2/c1-2-27(30(38)34-25-16-21(31)11-12-24(25)32)40-23-10-6-9-22(17-23)33-29(37)26(15-19-13-14-39-18-19)35-28(36)20-7-4-3-5-8-20/h3-18,27H,2H2,1H3,(H,33,37)(H,34,38)(H,35,36)/b26-15-. The normalized spacial score (nSPS) is 11.9. The molecule has 0 saturated heterocycles. The van der Waals surface area contributed by atoms with Crippen LogP contribution in [-0.4, -0.2) is 23.0 Å². The van der Waals surface area contributed by atoms with Crippen molar-refractivity contribution in [3.8, 4) is 0 Å². The number of hydrogen-bond acceptors (Lipinski definition) is 5. The number of carbonyl (C=O) groups excluding carboxylic acids is 3. The molecule has 3 N–H and O–H groups in total. The van der Waals surface area contributed by atoms with E-state index in [9.17, 15) is 14.4 Å². The van der Waals surface area contributed by atoms with E-state index in [4.69, 9.17) is 23.2 Å². The van der Waals surface area contributed by atoms with Gasteiger partial charge in [-0.2, -0.15) is 11.3 Å². The van der Waals surface area contributed by atoms with E-state index in [1.54, 1.807) is 66.7 Å². The van der Waals surface area contributed by atoms with Gasteiger partial charge in [0.15, 0.2) is 0 Å². The van der Waals surface area contributed by atoms with Gasteiger partial charge in [0.1, 0.15) is 5.70 Å². The van der Waals surface area contributed by atoms with Crippen molar-refractivity contribution in [3.63, 3.8) is 0 Å². The topological polar surface area (TPSA) is 87.3 Å². The SMILES string of the molecule is CCC(Sc1cccc(NC(=O)/C(=C/c2ccsc2)NC(=O)c2ccccc2)c1)C(=O)Nc1cc(Cl)ccc1Cl. The number of nitrogens with one attached hydrogen (secondary N) is 3. The van der Waals surface area contributed by atoms with Crippen LogP contribution in [0.25, 0.3) is 6.08 Å². The predicted molar refractivity (Wildman–Crippen MR) is 166 cm³/mol. The van der Waals surface area contributed by atoms with Crippen molar-refractivity contribution in [3.05, 3.63) is 116 Å². The number of hydrogen-bond donors (Lipinski definition) is 3. The van der Waals surface area contributed by atoms with Gasteiger partial charge >= 0.3 is 0 Å². The van der Waals surface area contributed by atoms with Gasteiger partial charge in [0.25, 0.3) is 11.8 Å². The summed E-state index contributed by atoms with van der Waals surface area (Å²) >= 11 is 15.1. The fourth-order valence-electron chi connectivity index (χ4n) is 3.60. The Balaban J connectivity index is 1.47. The molecule has 0 fully saturated rings. The Kier molecular flexibility index (Phi) is 10.4. The van der Waals surface area contributed by atoms with Gasteiger partial charge in [-0.25, -0.2) is 0 Å². The van der Waals surface area contributed by atoms with Crippen molar-refractivity contribution in [2.24, 2.45) is 0 Å². The van der Waals surface area contributed by atoms with E-state index in [1.165, 1.54) is 23.1 Å². The molecule has 0 spiro atoms. The van der Waals surface area contributed by atoms with Crippen LogP contribution in [0, 0.1) is 0 Å². The Morgan fingerprint density at radius 1 is 0.950 bits per heavy atom. The number of halogens is 2. The molecule has 0 bridgehead atoms. The molecule has 1 aromatic heterocycles. The second kappa shape index (κ2) is 14.2. The first-order valence-electron chi connectivity index (χ1n) is 12.3. The quantitative estimate of drug-likeness (QED) is 0.126. The van der Waals surface area contributed by atoms with Crippen LogP contribution < -0.4 is 16.0 Å². The van der Waals surface area contributed by atoms with Gasteiger partial charge in [-0.1, -0.05) is 54.4 Å². The molecule has 0 saturated carbocycles. The molecule has 0 aliphatic rings. The smallest absolute Gasteiger partial charge is 0.272 e. The van der Waals surface area contributed by atoms with Crippen molar-refractivity contribution >= 4 is 81.5 Å². The Hall–Kier alpha value is -3.56. The third-order valence-corrected chi connectivity index (χ3v) is 8.23. The molecule has 1 heterocycles. The molecule has 0 aliphatic carbocycles. The number of amides is 3. The van der Waals surface area contributed by atoms with Crippen LogP contribution in [0.1, 0.15) is 29.3 Å². The summed E-state index contributed by atoms with van der Waals surface area (Å²) in [6, 6.07) is 22.6. The third kappa shape index (κ3) is 8.22. The lowest BCUT2D eigenvalue weighted by Gasteiger charge is -2.16. The van der Waals surface area contributed by atoms with Crippen molar-refractivity contribution in [1.82, 2.24) is 5.32 Å². The van der Waals surface area contributed by atoms with E-state index in [2.05, 4.69) is 16.0 Å². The fraction of sp³-hybridized carbons (Fsp3) is 0.100. The second-order valence-electron chi connectivity index (χ2n) is 8.54. The Labute approximate surface area is 250 Å². The summed E-state index contributed by atoms with van der Waals surface area (Å²) in [5.74, 6) is -1.08. The van der Waals surface area contributed by atoms with E-state index >= 15 is 0 Å². The monoisotopic (exact) mass is 609 g/mol. The van der Waals surface area contributed by atoms with Crippen molar-refractivity contribution < 1.29 is 14.4 Å².